The summed E-state index contributed by atoms with van der Waals surface area (Å²) in [5, 5.41) is 1.23. The maximum atomic E-state index is 13.8. The Labute approximate surface area is 131 Å². The molecule has 3 aromatic rings. The molecule has 3 rings (SSSR count). The van der Waals surface area contributed by atoms with E-state index in [0.29, 0.717) is 27.7 Å². The van der Waals surface area contributed by atoms with Crippen molar-refractivity contribution in [3.05, 3.63) is 64.9 Å². The smallest absolute Gasteiger partial charge is 0.146 e. The zero-order valence-corrected chi connectivity index (χ0v) is 12.3. The second kappa shape index (κ2) is 6.17. The number of para-hydroxylation sites is 1. The molecule has 0 spiro atoms. The lowest BCUT2D eigenvalue weighted by molar-refractivity contribution is 0.303. The Kier molecular flexibility index (Phi) is 4.09. The molecule has 1 heterocycles. The molecule has 0 atom stereocenters. The number of ether oxygens (including phenoxy) is 1. The Morgan fingerprint density at radius 1 is 1.14 bits per heavy atom. The molecule has 0 fully saturated rings. The topological polar surface area (TPSA) is 60.2 Å². The molecule has 0 bridgehead atoms. The summed E-state index contributed by atoms with van der Waals surface area (Å²) < 4.78 is 19.5. The van der Waals surface area contributed by atoms with Crippen LogP contribution in [-0.4, -0.2) is 4.98 Å². The molecule has 0 aliphatic rings. The SMILES string of the molecule is NNc1ccc2cccc(OCc3c(F)cccc3Cl)c2n1. The van der Waals surface area contributed by atoms with Crippen LogP contribution in [0, 0.1) is 5.82 Å². The molecule has 2 aromatic carbocycles. The normalized spacial score (nSPS) is 10.7. The van der Waals surface area contributed by atoms with Crippen molar-refractivity contribution in [2.24, 2.45) is 5.84 Å². The lowest BCUT2D eigenvalue weighted by Crippen LogP contribution is -2.08. The number of hydrogen-bond donors (Lipinski definition) is 2. The number of halogens is 2. The quantitative estimate of drug-likeness (QED) is 0.566. The van der Waals surface area contributed by atoms with Gasteiger partial charge in [-0.05, 0) is 30.3 Å². The maximum absolute atomic E-state index is 13.8. The second-order valence-electron chi connectivity index (χ2n) is 4.66. The van der Waals surface area contributed by atoms with E-state index >= 15 is 0 Å². The number of nitrogens with two attached hydrogens (primary N) is 1. The van der Waals surface area contributed by atoms with E-state index in [9.17, 15) is 4.39 Å². The molecule has 4 nitrogen and oxygen atoms in total. The van der Waals surface area contributed by atoms with Crippen LogP contribution in [0.5, 0.6) is 5.75 Å². The van der Waals surface area contributed by atoms with Gasteiger partial charge >= 0.3 is 0 Å². The minimum absolute atomic E-state index is 0.0204. The van der Waals surface area contributed by atoms with Crippen molar-refractivity contribution in [1.82, 2.24) is 4.98 Å². The average Bonchev–Trinajstić information content (AvgIpc) is 2.54. The fraction of sp³-hybridized carbons (Fsp3) is 0.0625. The van der Waals surface area contributed by atoms with Gasteiger partial charge in [0.15, 0.2) is 0 Å². The standard InChI is InChI=1S/C16H13ClFN3O/c17-12-4-2-5-13(18)11(12)9-22-14-6-1-3-10-7-8-15(21-19)20-16(10)14/h1-8H,9,19H2,(H,20,21). The predicted octanol–water partition coefficient (Wildman–Crippen LogP) is 3.89. The third-order valence-corrected chi connectivity index (χ3v) is 3.62. The Morgan fingerprint density at radius 3 is 2.73 bits per heavy atom. The summed E-state index contributed by atoms with van der Waals surface area (Å²) in [6, 6.07) is 13.7. The largest absolute Gasteiger partial charge is 0.486 e. The van der Waals surface area contributed by atoms with E-state index < -0.39 is 5.82 Å². The molecule has 0 amide bonds. The zero-order chi connectivity index (χ0) is 15.5. The minimum atomic E-state index is -0.398. The van der Waals surface area contributed by atoms with E-state index in [1.54, 1.807) is 24.3 Å². The first kappa shape index (κ1) is 14.6. The first-order valence-electron chi connectivity index (χ1n) is 6.61. The molecule has 3 N–H and O–H groups in total. The number of anilines is 1. The summed E-state index contributed by atoms with van der Waals surface area (Å²) in [7, 11) is 0. The Bertz CT molecular complexity index is 805. The van der Waals surface area contributed by atoms with E-state index in [2.05, 4.69) is 10.4 Å². The maximum Gasteiger partial charge on any atom is 0.146 e. The van der Waals surface area contributed by atoms with Gasteiger partial charge in [-0.1, -0.05) is 29.8 Å². The van der Waals surface area contributed by atoms with E-state index in [1.165, 1.54) is 6.07 Å². The Hall–Kier alpha value is -2.37. The summed E-state index contributed by atoms with van der Waals surface area (Å²) >= 11 is 6.00. The third kappa shape index (κ3) is 2.81. The van der Waals surface area contributed by atoms with Crippen molar-refractivity contribution in [2.45, 2.75) is 6.61 Å². The number of fused-ring (bicyclic) bond motifs is 1. The molecule has 1 aromatic heterocycles. The summed E-state index contributed by atoms with van der Waals surface area (Å²) in [5.41, 5.74) is 3.45. The van der Waals surface area contributed by atoms with Gasteiger partial charge in [0.25, 0.3) is 0 Å². The predicted molar refractivity (Wildman–Crippen MR) is 85.3 cm³/mol. The van der Waals surface area contributed by atoms with Crippen molar-refractivity contribution in [3.8, 4) is 5.75 Å². The number of benzene rings is 2. The van der Waals surface area contributed by atoms with Crippen LogP contribution in [0.4, 0.5) is 10.2 Å². The molecule has 0 aliphatic heterocycles. The summed E-state index contributed by atoms with van der Waals surface area (Å²) in [6.45, 7) is 0.0204. The molecule has 0 saturated carbocycles. The van der Waals surface area contributed by atoms with Crippen LogP contribution < -0.4 is 16.0 Å². The number of rotatable bonds is 4. The molecule has 6 heteroatoms. The number of hydrazine groups is 1. The number of nitrogens with one attached hydrogen (secondary N) is 1. The number of aromatic nitrogens is 1. The summed E-state index contributed by atoms with van der Waals surface area (Å²) in [5.74, 6) is 6.03. The average molecular weight is 318 g/mol. The molecule has 0 unspecified atom stereocenters. The van der Waals surface area contributed by atoms with Crippen molar-refractivity contribution in [2.75, 3.05) is 5.43 Å². The first-order valence-corrected chi connectivity index (χ1v) is 6.99. The van der Waals surface area contributed by atoms with Crippen molar-refractivity contribution < 1.29 is 9.13 Å². The van der Waals surface area contributed by atoms with Gasteiger partial charge in [0, 0.05) is 10.9 Å². The molecule has 0 saturated heterocycles. The Balaban J connectivity index is 1.94. The van der Waals surface area contributed by atoms with E-state index in [0.717, 1.165) is 5.39 Å². The summed E-state index contributed by atoms with van der Waals surface area (Å²) in [6.07, 6.45) is 0. The van der Waals surface area contributed by atoms with Crippen LogP contribution in [0.2, 0.25) is 5.02 Å². The van der Waals surface area contributed by atoms with Crippen LogP contribution in [0.25, 0.3) is 10.9 Å². The van der Waals surface area contributed by atoms with Crippen molar-refractivity contribution in [1.29, 1.82) is 0 Å². The second-order valence-corrected chi connectivity index (χ2v) is 5.06. The van der Waals surface area contributed by atoms with Crippen LogP contribution in [0.3, 0.4) is 0 Å². The fourth-order valence-corrected chi connectivity index (χ4v) is 2.35. The number of nitrogens with zero attached hydrogens (tertiary/aromatic N) is 1. The van der Waals surface area contributed by atoms with Crippen LogP contribution in [0.1, 0.15) is 5.56 Å². The van der Waals surface area contributed by atoms with Crippen LogP contribution in [0.15, 0.2) is 48.5 Å². The van der Waals surface area contributed by atoms with Crippen molar-refractivity contribution in [3.63, 3.8) is 0 Å². The number of nitrogen functional groups attached to an aromatic ring is 1. The number of pyridine rings is 1. The highest BCUT2D eigenvalue weighted by Crippen LogP contribution is 2.27. The lowest BCUT2D eigenvalue weighted by Gasteiger charge is -2.11. The van der Waals surface area contributed by atoms with E-state index in [1.807, 2.05) is 18.2 Å². The summed E-state index contributed by atoms with van der Waals surface area (Å²) in [4.78, 5) is 4.36. The van der Waals surface area contributed by atoms with Crippen LogP contribution >= 0.6 is 11.6 Å². The molecule has 112 valence electrons. The van der Waals surface area contributed by atoms with Crippen molar-refractivity contribution >= 4 is 28.3 Å². The van der Waals surface area contributed by atoms with Gasteiger partial charge in [0.1, 0.15) is 29.5 Å². The van der Waals surface area contributed by atoms with Gasteiger partial charge < -0.3 is 10.2 Å². The first-order chi connectivity index (χ1) is 10.7. The third-order valence-electron chi connectivity index (χ3n) is 3.26. The van der Waals surface area contributed by atoms with Crippen LogP contribution in [-0.2, 0) is 6.61 Å². The Morgan fingerprint density at radius 2 is 1.95 bits per heavy atom. The molecule has 22 heavy (non-hydrogen) atoms. The highest BCUT2D eigenvalue weighted by Gasteiger charge is 2.10. The van der Waals surface area contributed by atoms with E-state index in [-0.39, 0.29) is 6.61 Å². The van der Waals surface area contributed by atoms with Gasteiger partial charge in [0.2, 0.25) is 0 Å². The number of hydrogen-bond acceptors (Lipinski definition) is 4. The molecular formula is C16H13ClFN3O. The monoisotopic (exact) mass is 317 g/mol. The fourth-order valence-electron chi connectivity index (χ4n) is 2.14. The van der Waals surface area contributed by atoms with E-state index in [4.69, 9.17) is 22.2 Å². The highest BCUT2D eigenvalue weighted by atomic mass is 35.5. The minimum Gasteiger partial charge on any atom is -0.486 e. The highest BCUT2D eigenvalue weighted by molar-refractivity contribution is 6.31. The lowest BCUT2D eigenvalue weighted by atomic mass is 10.2. The van der Waals surface area contributed by atoms with Gasteiger partial charge in [-0.3, -0.25) is 0 Å². The van der Waals surface area contributed by atoms with Gasteiger partial charge in [-0.15, -0.1) is 0 Å². The zero-order valence-electron chi connectivity index (χ0n) is 11.5. The molecule has 0 aliphatic carbocycles. The molecular weight excluding hydrogens is 305 g/mol. The molecule has 0 radical (unpaired) electrons. The van der Waals surface area contributed by atoms with Gasteiger partial charge in [-0.25, -0.2) is 15.2 Å². The van der Waals surface area contributed by atoms with Gasteiger partial charge in [-0.2, -0.15) is 0 Å². The van der Waals surface area contributed by atoms with Gasteiger partial charge in [0.05, 0.1) is 5.02 Å².